The minimum atomic E-state index is 0.551. The molecule has 1 fully saturated rings. The molecular formula is C22H30N4S. The summed E-state index contributed by atoms with van der Waals surface area (Å²) in [6.45, 7) is 9.70. The average molecular weight is 383 g/mol. The number of hydrogen-bond acceptors (Lipinski definition) is 3. The topological polar surface area (TPSA) is 31.4 Å². The maximum atomic E-state index is 5.67. The van der Waals surface area contributed by atoms with Crippen molar-refractivity contribution in [2.75, 3.05) is 38.0 Å². The number of nitrogens with one attached hydrogen (secondary N) is 1. The van der Waals surface area contributed by atoms with Crippen LogP contribution in [0, 0.1) is 0 Å². The summed E-state index contributed by atoms with van der Waals surface area (Å²) in [4.78, 5) is 8.94. The average Bonchev–Trinajstić information content (AvgIpc) is 2.93. The van der Waals surface area contributed by atoms with E-state index >= 15 is 0 Å². The van der Waals surface area contributed by atoms with Gasteiger partial charge in [0.05, 0.1) is 0 Å². The molecule has 0 saturated carbocycles. The Kier molecular flexibility index (Phi) is 7.18. The van der Waals surface area contributed by atoms with Gasteiger partial charge in [0.15, 0.2) is 5.11 Å². The lowest BCUT2D eigenvalue weighted by molar-refractivity contribution is 0.289. The fourth-order valence-corrected chi connectivity index (χ4v) is 3.69. The summed E-state index contributed by atoms with van der Waals surface area (Å²) < 4.78 is 0. The number of nitrogens with zero attached hydrogens (tertiary/aromatic N) is 3. The predicted molar refractivity (Wildman–Crippen MR) is 117 cm³/mol. The number of hydrogen-bond donors (Lipinski definition) is 1. The molecule has 144 valence electrons. The summed E-state index contributed by atoms with van der Waals surface area (Å²) in [5.41, 5.74) is 3.78. The second-order valence-electron chi connectivity index (χ2n) is 7.49. The van der Waals surface area contributed by atoms with Gasteiger partial charge in [-0.2, -0.15) is 0 Å². The Morgan fingerprint density at radius 2 is 1.78 bits per heavy atom. The SMILES string of the molecule is CC(C)c1ccc(NC(=S)N2CCCN(CCc3ccncc3)CC2)cc1. The minimum Gasteiger partial charge on any atom is -0.348 e. The van der Waals surface area contributed by atoms with Gasteiger partial charge in [0, 0.05) is 44.3 Å². The standard InChI is InChI=1S/C22H30N4S/c1-18(2)20-4-6-21(7-5-20)24-22(27)26-14-3-13-25(16-17-26)15-10-19-8-11-23-12-9-19/h4-9,11-12,18H,3,10,13-17H2,1-2H3,(H,24,27). The van der Waals surface area contributed by atoms with Gasteiger partial charge in [-0.15, -0.1) is 0 Å². The summed E-state index contributed by atoms with van der Waals surface area (Å²) in [6.07, 6.45) is 5.96. The van der Waals surface area contributed by atoms with Crippen molar-refractivity contribution in [3.63, 3.8) is 0 Å². The third-order valence-electron chi connectivity index (χ3n) is 5.17. The fraction of sp³-hybridized carbons (Fsp3) is 0.455. The van der Waals surface area contributed by atoms with E-state index in [1.807, 2.05) is 12.4 Å². The molecule has 1 aliphatic heterocycles. The third kappa shape index (κ3) is 6.01. The zero-order valence-corrected chi connectivity index (χ0v) is 17.2. The number of pyridine rings is 1. The zero-order valence-electron chi connectivity index (χ0n) is 16.4. The maximum absolute atomic E-state index is 5.67. The molecule has 2 aromatic rings. The molecular weight excluding hydrogens is 352 g/mol. The Morgan fingerprint density at radius 1 is 1.04 bits per heavy atom. The van der Waals surface area contributed by atoms with E-state index in [4.69, 9.17) is 12.2 Å². The van der Waals surface area contributed by atoms with Crippen LogP contribution in [0.2, 0.25) is 0 Å². The third-order valence-corrected chi connectivity index (χ3v) is 5.53. The van der Waals surface area contributed by atoms with Crippen LogP contribution in [0.15, 0.2) is 48.8 Å². The molecule has 0 amide bonds. The number of thiocarbonyl (C=S) groups is 1. The maximum Gasteiger partial charge on any atom is 0.173 e. The van der Waals surface area contributed by atoms with Gasteiger partial charge in [-0.3, -0.25) is 4.98 Å². The molecule has 1 aromatic heterocycles. The molecule has 1 aliphatic rings. The van der Waals surface area contributed by atoms with Crippen molar-refractivity contribution < 1.29 is 0 Å². The van der Waals surface area contributed by atoms with Gasteiger partial charge < -0.3 is 15.1 Å². The highest BCUT2D eigenvalue weighted by atomic mass is 32.1. The van der Waals surface area contributed by atoms with Crippen LogP contribution < -0.4 is 5.32 Å². The Hall–Kier alpha value is -1.98. The van der Waals surface area contributed by atoms with Gasteiger partial charge in [0.2, 0.25) is 0 Å². The highest BCUT2D eigenvalue weighted by Gasteiger charge is 2.17. The van der Waals surface area contributed by atoms with Crippen molar-refractivity contribution in [2.24, 2.45) is 0 Å². The molecule has 3 rings (SSSR count). The molecule has 2 heterocycles. The highest BCUT2D eigenvalue weighted by Crippen LogP contribution is 2.17. The number of rotatable bonds is 5. The van der Waals surface area contributed by atoms with Crippen LogP contribution >= 0.6 is 12.2 Å². The Morgan fingerprint density at radius 3 is 2.48 bits per heavy atom. The Labute approximate surface area is 168 Å². The quantitative estimate of drug-likeness (QED) is 0.785. The molecule has 0 atom stereocenters. The lowest BCUT2D eigenvalue weighted by Crippen LogP contribution is -2.38. The van der Waals surface area contributed by atoms with Crippen molar-refractivity contribution in [1.82, 2.24) is 14.8 Å². The number of anilines is 1. The van der Waals surface area contributed by atoms with Crippen molar-refractivity contribution in [3.05, 3.63) is 59.9 Å². The van der Waals surface area contributed by atoms with Gasteiger partial charge in [-0.05, 0) is 72.9 Å². The van der Waals surface area contributed by atoms with Gasteiger partial charge in [-0.1, -0.05) is 26.0 Å². The van der Waals surface area contributed by atoms with Gasteiger partial charge in [0.1, 0.15) is 0 Å². The summed E-state index contributed by atoms with van der Waals surface area (Å²) in [6, 6.07) is 12.8. The molecule has 0 radical (unpaired) electrons. The first-order valence-corrected chi connectivity index (χ1v) is 10.3. The second-order valence-corrected chi connectivity index (χ2v) is 7.88. The van der Waals surface area contributed by atoms with Crippen LogP contribution in [-0.4, -0.2) is 52.6 Å². The zero-order chi connectivity index (χ0) is 19.1. The Bertz CT molecular complexity index is 715. The first-order chi connectivity index (χ1) is 13.1. The summed E-state index contributed by atoms with van der Waals surface area (Å²) in [5, 5.41) is 4.25. The van der Waals surface area contributed by atoms with Crippen LogP contribution in [0.5, 0.6) is 0 Å². The van der Waals surface area contributed by atoms with Crippen LogP contribution in [0.4, 0.5) is 5.69 Å². The smallest absolute Gasteiger partial charge is 0.173 e. The summed E-state index contributed by atoms with van der Waals surface area (Å²) in [7, 11) is 0. The van der Waals surface area contributed by atoms with Crippen LogP contribution in [0.1, 0.15) is 37.3 Å². The number of benzene rings is 1. The molecule has 0 bridgehead atoms. The first kappa shape index (κ1) is 19.8. The number of aromatic nitrogens is 1. The van der Waals surface area contributed by atoms with Gasteiger partial charge in [-0.25, -0.2) is 0 Å². The first-order valence-electron chi connectivity index (χ1n) is 9.89. The van der Waals surface area contributed by atoms with E-state index in [1.165, 1.54) is 11.1 Å². The largest absolute Gasteiger partial charge is 0.348 e. The minimum absolute atomic E-state index is 0.551. The van der Waals surface area contributed by atoms with E-state index in [0.717, 1.165) is 56.4 Å². The van der Waals surface area contributed by atoms with Crippen LogP contribution in [0.25, 0.3) is 0 Å². The Balaban J connectivity index is 1.47. The molecule has 0 unspecified atom stereocenters. The second kappa shape index (κ2) is 9.81. The van der Waals surface area contributed by atoms with Crippen molar-refractivity contribution in [2.45, 2.75) is 32.6 Å². The van der Waals surface area contributed by atoms with E-state index in [1.54, 1.807) is 0 Å². The molecule has 1 saturated heterocycles. The van der Waals surface area contributed by atoms with Gasteiger partial charge in [0.25, 0.3) is 0 Å². The van der Waals surface area contributed by atoms with Crippen LogP contribution in [0.3, 0.4) is 0 Å². The van der Waals surface area contributed by atoms with E-state index in [9.17, 15) is 0 Å². The highest BCUT2D eigenvalue weighted by molar-refractivity contribution is 7.80. The van der Waals surface area contributed by atoms with E-state index in [-0.39, 0.29) is 0 Å². The van der Waals surface area contributed by atoms with Gasteiger partial charge >= 0.3 is 0 Å². The van der Waals surface area contributed by atoms with E-state index in [0.29, 0.717) is 5.92 Å². The molecule has 0 spiro atoms. The normalized spacial score (nSPS) is 15.6. The lowest BCUT2D eigenvalue weighted by atomic mass is 10.0. The molecule has 27 heavy (non-hydrogen) atoms. The fourth-order valence-electron chi connectivity index (χ4n) is 3.39. The molecule has 1 N–H and O–H groups in total. The predicted octanol–water partition coefficient (Wildman–Crippen LogP) is 4.15. The van der Waals surface area contributed by atoms with Crippen LogP contribution in [-0.2, 0) is 6.42 Å². The monoisotopic (exact) mass is 382 g/mol. The van der Waals surface area contributed by atoms with E-state index < -0.39 is 0 Å². The van der Waals surface area contributed by atoms with E-state index in [2.05, 4.69) is 70.3 Å². The van der Waals surface area contributed by atoms with Crippen molar-refractivity contribution in [1.29, 1.82) is 0 Å². The molecule has 1 aromatic carbocycles. The molecule has 5 heteroatoms. The van der Waals surface area contributed by atoms with Crippen molar-refractivity contribution in [3.8, 4) is 0 Å². The summed E-state index contributed by atoms with van der Waals surface area (Å²) in [5.74, 6) is 0.551. The van der Waals surface area contributed by atoms with Crippen molar-refractivity contribution >= 4 is 23.0 Å². The molecule has 4 nitrogen and oxygen atoms in total. The summed E-state index contributed by atoms with van der Waals surface area (Å²) >= 11 is 5.67. The lowest BCUT2D eigenvalue weighted by Gasteiger charge is -2.25. The molecule has 0 aliphatic carbocycles.